The molecule has 19 heavy (non-hydrogen) atoms. The van der Waals surface area contributed by atoms with Gasteiger partial charge in [0.25, 0.3) is 0 Å². The Balaban J connectivity index is 1.96. The molecule has 1 saturated carbocycles. The fraction of sp³-hybridized carbons (Fsp3) is 0.625. The molecule has 1 aliphatic carbocycles. The van der Waals surface area contributed by atoms with Gasteiger partial charge < -0.3 is 5.32 Å². The first kappa shape index (κ1) is 14.6. The first-order valence-electron chi connectivity index (χ1n) is 7.08. The van der Waals surface area contributed by atoms with Gasteiger partial charge in [-0.15, -0.1) is 0 Å². The summed E-state index contributed by atoms with van der Waals surface area (Å²) in [7, 11) is 0. The molecule has 0 amide bonds. The number of hydrogen-bond acceptors (Lipinski definition) is 1. The van der Waals surface area contributed by atoms with Crippen LogP contribution >= 0.6 is 11.6 Å². The number of benzene rings is 1. The maximum atomic E-state index is 13.7. The molecular formula is C16H23ClFN. The van der Waals surface area contributed by atoms with Crippen molar-refractivity contribution < 1.29 is 4.39 Å². The van der Waals surface area contributed by atoms with Crippen LogP contribution in [-0.2, 0) is 0 Å². The Bertz CT molecular complexity index is 411. The second-order valence-corrected chi connectivity index (χ2v) is 7.06. The summed E-state index contributed by atoms with van der Waals surface area (Å²) in [6.07, 6.45) is 4.58. The van der Waals surface area contributed by atoms with Gasteiger partial charge in [0, 0.05) is 6.04 Å². The van der Waals surface area contributed by atoms with Crippen LogP contribution in [0.2, 0.25) is 5.02 Å². The number of anilines is 1. The summed E-state index contributed by atoms with van der Waals surface area (Å²) in [5.74, 6) is 0.507. The lowest BCUT2D eigenvalue weighted by Crippen LogP contribution is -2.31. The van der Waals surface area contributed by atoms with Crippen molar-refractivity contribution in [2.24, 2.45) is 11.3 Å². The van der Waals surface area contributed by atoms with E-state index in [1.165, 1.54) is 18.9 Å². The van der Waals surface area contributed by atoms with Crippen LogP contribution in [-0.4, -0.2) is 6.04 Å². The van der Waals surface area contributed by atoms with Crippen LogP contribution < -0.4 is 5.32 Å². The van der Waals surface area contributed by atoms with E-state index < -0.39 is 0 Å². The zero-order valence-corrected chi connectivity index (χ0v) is 12.7. The van der Waals surface area contributed by atoms with E-state index in [2.05, 4.69) is 26.1 Å². The summed E-state index contributed by atoms with van der Waals surface area (Å²) >= 11 is 6.05. The zero-order chi connectivity index (χ0) is 14.0. The minimum Gasteiger partial charge on any atom is -0.379 e. The highest BCUT2D eigenvalue weighted by Gasteiger charge is 2.30. The number of nitrogens with one attached hydrogen (secondary N) is 1. The van der Waals surface area contributed by atoms with Gasteiger partial charge in [0.15, 0.2) is 0 Å². The van der Waals surface area contributed by atoms with Crippen LogP contribution in [0.3, 0.4) is 0 Å². The minimum atomic E-state index is -0.259. The molecule has 1 nitrogen and oxygen atoms in total. The zero-order valence-electron chi connectivity index (χ0n) is 12.0. The quantitative estimate of drug-likeness (QED) is 0.756. The smallest absolute Gasteiger partial charge is 0.147 e. The van der Waals surface area contributed by atoms with Gasteiger partial charge in [0.1, 0.15) is 5.82 Å². The molecular weight excluding hydrogens is 261 g/mol. The Morgan fingerprint density at radius 3 is 2.32 bits per heavy atom. The van der Waals surface area contributed by atoms with E-state index in [0.29, 0.717) is 22.2 Å². The van der Waals surface area contributed by atoms with Crippen molar-refractivity contribution in [3.63, 3.8) is 0 Å². The molecule has 0 aliphatic heterocycles. The Labute approximate surface area is 120 Å². The summed E-state index contributed by atoms with van der Waals surface area (Å²) in [6, 6.07) is 5.16. The highest BCUT2D eigenvalue weighted by Crippen LogP contribution is 2.39. The van der Waals surface area contributed by atoms with Gasteiger partial charge in [0.2, 0.25) is 0 Å². The van der Waals surface area contributed by atoms with E-state index >= 15 is 0 Å². The minimum absolute atomic E-state index is 0.259. The molecule has 1 aromatic rings. The van der Waals surface area contributed by atoms with Gasteiger partial charge in [-0.3, -0.25) is 0 Å². The highest BCUT2D eigenvalue weighted by molar-refractivity contribution is 6.33. The molecule has 0 aromatic heterocycles. The van der Waals surface area contributed by atoms with E-state index in [9.17, 15) is 4.39 Å². The molecule has 0 saturated heterocycles. The van der Waals surface area contributed by atoms with Gasteiger partial charge in [-0.25, -0.2) is 4.39 Å². The molecule has 0 heterocycles. The van der Waals surface area contributed by atoms with Gasteiger partial charge >= 0.3 is 0 Å². The Morgan fingerprint density at radius 1 is 1.16 bits per heavy atom. The Morgan fingerprint density at radius 2 is 1.79 bits per heavy atom. The van der Waals surface area contributed by atoms with Crippen molar-refractivity contribution in [3.05, 3.63) is 29.0 Å². The standard InChI is InChI=1S/C16H23ClFN/c1-16(2,3)11-7-9-12(10-8-11)19-15-13(17)5-4-6-14(15)18/h4-6,11-12,19H,7-10H2,1-3H3. The summed E-state index contributed by atoms with van der Waals surface area (Å²) in [6.45, 7) is 6.91. The van der Waals surface area contributed by atoms with Gasteiger partial charge in [0.05, 0.1) is 10.7 Å². The molecule has 0 radical (unpaired) electrons. The van der Waals surface area contributed by atoms with Crippen molar-refractivity contribution in [1.82, 2.24) is 0 Å². The van der Waals surface area contributed by atoms with Gasteiger partial charge in [-0.2, -0.15) is 0 Å². The molecule has 1 N–H and O–H groups in total. The third kappa shape index (κ3) is 3.62. The molecule has 1 aromatic carbocycles. The van der Waals surface area contributed by atoms with Crippen molar-refractivity contribution in [3.8, 4) is 0 Å². The second kappa shape index (κ2) is 5.70. The highest BCUT2D eigenvalue weighted by atomic mass is 35.5. The molecule has 0 spiro atoms. The predicted octanol–water partition coefficient (Wildman–Crippen LogP) is 5.50. The van der Waals surface area contributed by atoms with Crippen LogP contribution in [0.4, 0.5) is 10.1 Å². The number of hydrogen-bond donors (Lipinski definition) is 1. The van der Waals surface area contributed by atoms with Crippen molar-refractivity contribution in [2.45, 2.75) is 52.5 Å². The molecule has 0 atom stereocenters. The van der Waals surface area contributed by atoms with Crippen LogP contribution in [0.5, 0.6) is 0 Å². The average Bonchev–Trinajstić information content (AvgIpc) is 2.33. The van der Waals surface area contributed by atoms with Crippen LogP contribution in [0, 0.1) is 17.2 Å². The lowest BCUT2D eigenvalue weighted by molar-refractivity contribution is 0.173. The SMILES string of the molecule is CC(C)(C)C1CCC(Nc2c(F)cccc2Cl)CC1. The lowest BCUT2D eigenvalue weighted by atomic mass is 9.71. The van der Waals surface area contributed by atoms with E-state index in [4.69, 9.17) is 11.6 Å². The first-order valence-corrected chi connectivity index (χ1v) is 7.46. The Hall–Kier alpha value is -0.760. The number of rotatable bonds is 2. The van der Waals surface area contributed by atoms with Crippen LogP contribution in [0.25, 0.3) is 0 Å². The molecule has 0 unspecified atom stereocenters. The lowest BCUT2D eigenvalue weighted by Gasteiger charge is -2.37. The summed E-state index contributed by atoms with van der Waals surface area (Å²) < 4.78 is 13.7. The first-order chi connectivity index (χ1) is 8.88. The van der Waals surface area contributed by atoms with E-state index in [0.717, 1.165) is 18.8 Å². The molecule has 0 bridgehead atoms. The molecule has 1 aliphatic rings. The van der Waals surface area contributed by atoms with Crippen molar-refractivity contribution in [1.29, 1.82) is 0 Å². The fourth-order valence-corrected chi connectivity index (χ4v) is 3.16. The third-order valence-electron chi connectivity index (χ3n) is 4.26. The fourth-order valence-electron chi connectivity index (χ4n) is 2.94. The van der Waals surface area contributed by atoms with E-state index in [1.807, 2.05) is 0 Å². The van der Waals surface area contributed by atoms with Crippen LogP contribution in [0.1, 0.15) is 46.5 Å². The molecule has 3 heteroatoms. The molecule has 1 fully saturated rings. The van der Waals surface area contributed by atoms with Crippen molar-refractivity contribution >= 4 is 17.3 Å². The van der Waals surface area contributed by atoms with E-state index in [-0.39, 0.29) is 5.82 Å². The maximum Gasteiger partial charge on any atom is 0.147 e. The normalized spacial score (nSPS) is 24.3. The molecule has 106 valence electrons. The summed E-state index contributed by atoms with van der Waals surface area (Å²) in [5, 5.41) is 3.75. The predicted molar refractivity (Wildman–Crippen MR) is 80.2 cm³/mol. The maximum absolute atomic E-state index is 13.7. The van der Waals surface area contributed by atoms with Crippen LogP contribution in [0.15, 0.2) is 18.2 Å². The number of halogens is 2. The summed E-state index contributed by atoms with van der Waals surface area (Å²) in [4.78, 5) is 0. The Kier molecular flexibility index (Phi) is 4.39. The largest absolute Gasteiger partial charge is 0.379 e. The van der Waals surface area contributed by atoms with E-state index in [1.54, 1.807) is 12.1 Å². The average molecular weight is 284 g/mol. The van der Waals surface area contributed by atoms with Crippen molar-refractivity contribution in [2.75, 3.05) is 5.32 Å². The molecule has 2 rings (SSSR count). The second-order valence-electron chi connectivity index (χ2n) is 6.66. The van der Waals surface area contributed by atoms with Gasteiger partial charge in [-0.1, -0.05) is 38.4 Å². The topological polar surface area (TPSA) is 12.0 Å². The third-order valence-corrected chi connectivity index (χ3v) is 4.58. The monoisotopic (exact) mass is 283 g/mol. The number of para-hydroxylation sites is 1. The van der Waals surface area contributed by atoms with Gasteiger partial charge in [-0.05, 0) is 49.1 Å². The summed E-state index contributed by atoms with van der Waals surface area (Å²) in [5.41, 5.74) is 0.837.